The molecule has 0 radical (unpaired) electrons. The maximum Gasteiger partial charge on any atom is 0.290 e. The molecule has 1 unspecified atom stereocenters. The third-order valence-electron chi connectivity index (χ3n) is 5.06. The van der Waals surface area contributed by atoms with Crippen molar-refractivity contribution in [2.24, 2.45) is 0 Å². The Morgan fingerprint density at radius 3 is 2.38 bits per heavy atom. The van der Waals surface area contributed by atoms with Crippen LogP contribution in [0.15, 0.2) is 89.1 Å². The quantitative estimate of drug-likeness (QED) is 0.558. The van der Waals surface area contributed by atoms with E-state index < -0.39 is 6.04 Å². The van der Waals surface area contributed by atoms with Gasteiger partial charge in [-0.2, -0.15) is 0 Å². The Bertz CT molecular complexity index is 1060. The Balaban J connectivity index is 1.81. The number of amides is 1. The van der Waals surface area contributed by atoms with Crippen LogP contribution in [0.1, 0.15) is 22.7 Å². The second kappa shape index (κ2) is 8.13. The van der Waals surface area contributed by atoms with E-state index in [1.165, 1.54) is 0 Å². The van der Waals surface area contributed by atoms with E-state index in [9.17, 15) is 9.90 Å². The number of carbonyl (C=O) groups is 1. The van der Waals surface area contributed by atoms with Crippen molar-refractivity contribution in [2.75, 3.05) is 7.11 Å². The van der Waals surface area contributed by atoms with E-state index in [0.717, 1.165) is 26.9 Å². The van der Waals surface area contributed by atoms with E-state index in [1.807, 2.05) is 78.9 Å². The van der Waals surface area contributed by atoms with Gasteiger partial charge in [-0.15, -0.1) is 0 Å². The zero-order valence-electron chi connectivity index (χ0n) is 15.9. The highest BCUT2D eigenvalue weighted by atomic mass is 79.9. The number of benzene rings is 3. The molecule has 0 spiro atoms. The van der Waals surface area contributed by atoms with Crippen LogP contribution in [-0.4, -0.2) is 23.0 Å². The van der Waals surface area contributed by atoms with Crippen LogP contribution >= 0.6 is 15.9 Å². The Morgan fingerprint density at radius 1 is 1.00 bits per heavy atom. The highest BCUT2D eigenvalue weighted by Gasteiger charge is 2.41. The lowest BCUT2D eigenvalue weighted by Crippen LogP contribution is -2.29. The second-order valence-corrected chi connectivity index (χ2v) is 7.78. The average Bonchev–Trinajstić information content (AvgIpc) is 2.99. The van der Waals surface area contributed by atoms with Gasteiger partial charge >= 0.3 is 0 Å². The fourth-order valence-corrected chi connectivity index (χ4v) is 4.10. The van der Waals surface area contributed by atoms with E-state index >= 15 is 0 Å². The van der Waals surface area contributed by atoms with Gasteiger partial charge in [0.1, 0.15) is 5.75 Å². The molecule has 1 aliphatic rings. The van der Waals surface area contributed by atoms with E-state index in [-0.39, 0.29) is 11.7 Å². The standard InChI is InChI=1S/C24H20BrNO3/c1-29-20-12-10-17(11-13-20)21-22(18-8-5-9-19(25)14-18)26(24(28)23(21)27)15-16-6-3-2-4-7-16/h2-14,22,27H,15H2,1H3. The molecule has 4 nitrogen and oxygen atoms in total. The number of carbonyl (C=O) groups excluding carboxylic acids is 1. The third-order valence-corrected chi connectivity index (χ3v) is 5.56. The average molecular weight is 450 g/mol. The van der Waals surface area contributed by atoms with Gasteiger partial charge < -0.3 is 14.7 Å². The van der Waals surface area contributed by atoms with Crippen molar-refractivity contribution in [3.8, 4) is 5.75 Å². The molecule has 3 aromatic carbocycles. The summed E-state index contributed by atoms with van der Waals surface area (Å²) in [6.07, 6.45) is 0. The van der Waals surface area contributed by atoms with Crippen molar-refractivity contribution in [2.45, 2.75) is 12.6 Å². The van der Waals surface area contributed by atoms with Crippen molar-refractivity contribution in [1.29, 1.82) is 0 Å². The molecule has 0 saturated carbocycles. The van der Waals surface area contributed by atoms with Gasteiger partial charge in [-0.25, -0.2) is 0 Å². The van der Waals surface area contributed by atoms with Gasteiger partial charge in [0, 0.05) is 16.6 Å². The molecular weight excluding hydrogens is 430 g/mol. The summed E-state index contributed by atoms with van der Waals surface area (Å²) < 4.78 is 6.16. The zero-order chi connectivity index (χ0) is 20.4. The molecule has 29 heavy (non-hydrogen) atoms. The summed E-state index contributed by atoms with van der Waals surface area (Å²) in [6, 6.07) is 24.6. The molecule has 0 fully saturated rings. The predicted octanol–water partition coefficient (Wildman–Crippen LogP) is 5.51. The molecular formula is C24H20BrNO3. The number of hydrogen-bond donors (Lipinski definition) is 1. The van der Waals surface area contributed by atoms with E-state index in [1.54, 1.807) is 12.0 Å². The molecule has 1 atom stereocenters. The van der Waals surface area contributed by atoms with Crippen molar-refractivity contribution in [3.63, 3.8) is 0 Å². The summed E-state index contributed by atoms with van der Waals surface area (Å²) >= 11 is 3.52. The molecule has 146 valence electrons. The Kier molecular flexibility index (Phi) is 5.41. The molecule has 3 aromatic rings. The minimum absolute atomic E-state index is 0.212. The monoisotopic (exact) mass is 449 g/mol. The fourth-order valence-electron chi connectivity index (χ4n) is 3.69. The molecule has 0 bridgehead atoms. The fraction of sp³-hybridized carbons (Fsp3) is 0.125. The smallest absolute Gasteiger partial charge is 0.290 e. The van der Waals surface area contributed by atoms with Crippen LogP contribution in [0.25, 0.3) is 5.57 Å². The van der Waals surface area contributed by atoms with Crippen molar-refractivity contribution >= 4 is 27.4 Å². The summed E-state index contributed by atoms with van der Waals surface area (Å²) in [5, 5.41) is 10.8. The Morgan fingerprint density at radius 2 is 1.72 bits per heavy atom. The zero-order valence-corrected chi connectivity index (χ0v) is 17.5. The van der Waals surface area contributed by atoms with Crippen molar-refractivity contribution in [1.82, 2.24) is 4.90 Å². The van der Waals surface area contributed by atoms with Crippen LogP contribution in [0.5, 0.6) is 5.75 Å². The highest BCUT2D eigenvalue weighted by molar-refractivity contribution is 9.10. The van der Waals surface area contributed by atoms with Crippen LogP contribution in [-0.2, 0) is 11.3 Å². The molecule has 4 rings (SSSR count). The molecule has 1 amide bonds. The van der Waals surface area contributed by atoms with E-state index in [0.29, 0.717) is 12.1 Å². The molecule has 0 aromatic heterocycles. The van der Waals surface area contributed by atoms with Crippen LogP contribution in [0.3, 0.4) is 0 Å². The number of ether oxygens (including phenoxy) is 1. The Labute approximate surface area is 178 Å². The minimum atomic E-state index is -0.395. The van der Waals surface area contributed by atoms with Gasteiger partial charge in [-0.1, -0.05) is 70.5 Å². The molecule has 0 saturated heterocycles. The summed E-state index contributed by atoms with van der Waals surface area (Å²) in [5.74, 6) is 0.138. The molecule has 0 aliphatic carbocycles. The van der Waals surface area contributed by atoms with Gasteiger partial charge in [0.05, 0.1) is 13.2 Å². The van der Waals surface area contributed by atoms with Crippen molar-refractivity contribution < 1.29 is 14.6 Å². The first-order chi connectivity index (χ1) is 14.1. The van der Waals surface area contributed by atoms with Gasteiger partial charge in [0.2, 0.25) is 0 Å². The highest BCUT2D eigenvalue weighted by Crippen LogP contribution is 2.44. The van der Waals surface area contributed by atoms with Crippen LogP contribution in [0, 0.1) is 0 Å². The van der Waals surface area contributed by atoms with E-state index in [2.05, 4.69) is 15.9 Å². The van der Waals surface area contributed by atoms with Crippen LogP contribution < -0.4 is 4.74 Å². The topological polar surface area (TPSA) is 49.8 Å². The second-order valence-electron chi connectivity index (χ2n) is 6.87. The predicted molar refractivity (Wildman–Crippen MR) is 116 cm³/mol. The molecule has 1 heterocycles. The van der Waals surface area contributed by atoms with E-state index in [4.69, 9.17) is 4.74 Å². The number of aliphatic hydroxyl groups excluding tert-OH is 1. The van der Waals surface area contributed by atoms with Gasteiger partial charge in [0.25, 0.3) is 5.91 Å². The third kappa shape index (κ3) is 3.78. The van der Waals surface area contributed by atoms with Gasteiger partial charge in [0.15, 0.2) is 5.76 Å². The summed E-state index contributed by atoms with van der Waals surface area (Å²) in [4.78, 5) is 14.8. The maximum absolute atomic E-state index is 13.1. The number of aliphatic hydroxyl groups is 1. The van der Waals surface area contributed by atoms with Crippen LogP contribution in [0.2, 0.25) is 0 Å². The van der Waals surface area contributed by atoms with Gasteiger partial charge in [-0.05, 0) is 41.0 Å². The first kappa shape index (κ1) is 19.3. The maximum atomic E-state index is 13.1. The molecule has 1 aliphatic heterocycles. The van der Waals surface area contributed by atoms with Gasteiger partial charge in [-0.3, -0.25) is 4.79 Å². The summed E-state index contributed by atoms with van der Waals surface area (Å²) in [7, 11) is 1.61. The largest absolute Gasteiger partial charge is 0.503 e. The number of halogens is 1. The normalized spacial score (nSPS) is 16.4. The first-order valence-corrected chi connectivity index (χ1v) is 10.1. The Hall–Kier alpha value is -3.05. The number of rotatable bonds is 5. The lowest BCUT2D eigenvalue weighted by Gasteiger charge is -2.27. The number of methoxy groups -OCH3 is 1. The SMILES string of the molecule is COc1ccc(C2=C(O)C(=O)N(Cc3ccccc3)C2c2cccc(Br)c2)cc1. The minimum Gasteiger partial charge on any atom is -0.503 e. The molecule has 1 N–H and O–H groups in total. The number of hydrogen-bond acceptors (Lipinski definition) is 3. The first-order valence-electron chi connectivity index (χ1n) is 9.26. The lowest BCUT2D eigenvalue weighted by atomic mass is 9.93. The van der Waals surface area contributed by atoms with Crippen molar-refractivity contribution in [3.05, 3.63) is 106 Å². The van der Waals surface area contributed by atoms with Crippen LogP contribution in [0.4, 0.5) is 0 Å². The summed E-state index contributed by atoms with van der Waals surface area (Å²) in [5.41, 5.74) is 3.33. The summed E-state index contributed by atoms with van der Waals surface area (Å²) in [6.45, 7) is 0.403. The molecule has 5 heteroatoms. The lowest BCUT2D eigenvalue weighted by molar-refractivity contribution is -0.130. The number of nitrogens with zero attached hydrogens (tertiary/aromatic N) is 1.